The first-order valence-electron chi connectivity index (χ1n) is 9.07. The van der Waals surface area contributed by atoms with E-state index in [1.54, 1.807) is 0 Å². The second kappa shape index (κ2) is 5.72. The molecule has 2 nitrogen and oxygen atoms in total. The first kappa shape index (κ1) is 16.4. The molecule has 2 N–H and O–H groups in total. The topological polar surface area (TPSA) is 32.3 Å². The Bertz CT molecular complexity index is 739. The molecule has 3 heteroatoms. The third-order valence-corrected chi connectivity index (χ3v) is 6.56. The molecule has 4 saturated carbocycles. The summed E-state index contributed by atoms with van der Waals surface area (Å²) in [5, 5.41) is 17.5. The molecule has 0 radical (unpaired) electrons. The maximum Gasteiger partial charge on any atom is 0.0670 e. The van der Waals surface area contributed by atoms with Gasteiger partial charge in [0, 0.05) is 12.1 Å². The van der Waals surface area contributed by atoms with Crippen LogP contribution in [-0.2, 0) is 6.54 Å². The lowest BCUT2D eigenvalue weighted by atomic mass is 9.51. The summed E-state index contributed by atoms with van der Waals surface area (Å²) < 4.78 is 0. The van der Waals surface area contributed by atoms with Crippen LogP contribution in [0.25, 0.3) is 10.8 Å². The van der Waals surface area contributed by atoms with Gasteiger partial charge in [0.25, 0.3) is 0 Å². The van der Waals surface area contributed by atoms with E-state index in [1.807, 2.05) is 0 Å². The van der Waals surface area contributed by atoms with Gasteiger partial charge in [-0.3, -0.25) is 0 Å². The van der Waals surface area contributed by atoms with Crippen molar-refractivity contribution in [3.8, 4) is 0 Å². The summed E-state index contributed by atoms with van der Waals surface area (Å²) in [5.41, 5.74) is 1.18. The average Bonchev–Trinajstić information content (AvgIpc) is 2.50. The number of halogens is 1. The molecule has 0 saturated heterocycles. The lowest BCUT2D eigenvalue weighted by Gasteiger charge is -2.60. The predicted molar refractivity (Wildman–Crippen MR) is 100 cm³/mol. The molecule has 0 aromatic heterocycles. The third-order valence-electron chi connectivity index (χ3n) is 6.56. The van der Waals surface area contributed by atoms with Gasteiger partial charge in [-0.1, -0.05) is 42.5 Å². The van der Waals surface area contributed by atoms with Gasteiger partial charge in [0.15, 0.2) is 0 Å². The van der Waals surface area contributed by atoms with Crippen molar-refractivity contribution in [2.24, 2.45) is 11.8 Å². The highest BCUT2D eigenvalue weighted by atomic mass is 35.5. The van der Waals surface area contributed by atoms with Crippen LogP contribution in [0.3, 0.4) is 0 Å². The summed E-state index contributed by atoms with van der Waals surface area (Å²) in [5.74, 6) is 1.47. The molecule has 24 heavy (non-hydrogen) atoms. The Morgan fingerprint density at radius 3 is 2.42 bits per heavy atom. The number of nitrogens with one attached hydrogen (secondary N) is 1. The quantitative estimate of drug-likeness (QED) is 0.863. The van der Waals surface area contributed by atoms with Gasteiger partial charge >= 0.3 is 0 Å². The van der Waals surface area contributed by atoms with E-state index in [9.17, 15) is 5.11 Å². The highest BCUT2D eigenvalue weighted by Gasteiger charge is 2.56. The Labute approximate surface area is 150 Å². The molecular weight excluding hydrogens is 318 g/mol. The van der Waals surface area contributed by atoms with Gasteiger partial charge in [0.1, 0.15) is 0 Å². The Hall–Kier alpha value is -1.09. The lowest BCUT2D eigenvalue weighted by molar-refractivity contribution is -0.142. The molecule has 0 amide bonds. The number of hydrogen-bond acceptors (Lipinski definition) is 2. The Balaban J connectivity index is 0.00000146. The fraction of sp³-hybridized carbons (Fsp3) is 0.524. The molecule has 4 aliphatic carbocycles. The van der Waals surface area contributed by atoms with Gasteiger partial charge in [-0.25, -0.2) is 0 Å². The minimum Gasteiger partial charge on any atom is -0.390 e. The van der Waals surface area contributed by atoms with Crippen LogP contribution >= 0.6 is 12.4 Å². The zero-order valence-corrected chi connectivity index (χ0v) is 14.8. The van der Waals surface area contributed by atoms with Gasteiger partial charge in [-0.15, -0.1) is 12.4 Å². The minimum absolute atomic E-state index is 0. The van der Waals surface area contributed by atoms with Crippen LogP contribution in [0.2, 0.25) is 0 Å². The van der Waals surface area contributed by atoms with Crippen molar-refractivity contribution in [3.63, 3.8) is 0 Å². The molecule has 128 valence electrons. The summed E-state index contributed by atoms with van der Waals surface area (Å²) >= 11 is 0. The number of fused-ring (bicyclic) bond motifs is 1. The molecule has 4 aliphatic rings. The number of aliphatic hydroxyl groups is 1. The zero-order chi connectivity index (χ0) is 15.5. The first-order chi connectivity index (χ1) is 11.1. The maximum absolute atomic E-state index is 10.9. The van der Waals surface area contributed by atoms with E-state index in [-0.39, 0.29) is 23.5 Å². The van der Waals surface area contributed by atoms with Crippen LogP contribution in [0, 0.1) is 11.8 Å². The number of hydrogen-bond donors (Lipinski definition) is 2. The summed E-state index contributed by atoms with van der Waals surface area (Å²) in [6.45, 7) is 0.914. The van der Waals surface area contributed by atoms with E-state index in [4.69, 9.17) is 0 Å². The molecule has 4 fully saturated rings. The number of benzene rings is 2. The highest BCUT2D eigenvalue weighted by Crippen LogP contribution is 2.57. The largest absolute Gasteiger partial charge is 0.390 e. The predicted octanol–water partition coefficient (Wildman–Crippen LogP) is 4.43. The maximum atomic E-state index is 10.9. The Morgan fingerprint density at radius 1 is 0.958 bits per heavy atom. The average molecular weight is 344 g/mol. The molecule has 2 aromatic carbocycles. The normalized spacial score (nSPS) is 36.7. The second-order valence-electron chi connectivity index (χ2n) is 8.46. The molecule has 0 spiro atoms. The van der Waals surface area contributed by atoms with Crippen molar-refractivity contribution in [1.82, 2.24) is 5.32 Å². The smallest absolute Gasteiger partial charge is 0.0670 e. The zero-order valence-electron chi connectivity index (χ0n) is 14.0. The summed E-state index contributed by atoms with van der Waals surface area (Å²) in [6.07, 6.45) is 6.91. The van der Waals surface area contributed by atoms with Crippen LogP contribution in [0.5, 0.6) is 0 Å². The Kier molecular flexibility index (Phi) is 3.91. The van der Waals surface area contributed by atoms with Gasteiger partial charge in [-0.2, -0.15) is 0 Å². The Morgan fingerprint density at radius 2 is 1.67 bits per heavy atom. The van der Waals surface area contributed by atoms with E-state index >= 15 is 0 Å². The first-order valence-corrected chi connectivity index (χ1v) is 9.07. The third kappa shape index (κ3) is 2.65. The lowest BCUT2D eigenvalue weighted by Crippen LogP contribution is -2.64. The molecule has 2 atom stereocenters. The van der Waals surface area contributed by atoms with Crippen LogP contribution < -0.4 is 5.32 Å². The monoisotopic (exact) mass is 343 g/mol. The molecule has 2 unspecified atom stereocenters. The van der Waals surface area contributed by atoms with E-state index in [0.29, 0.717) is 0 Å². The van der Waals surface area contributed by atoms with Crippen molar-refractivity contribution in [1.29, 1.82) is 0 Å². The molecule has 2 aromatic rings. The molecule has 0 heterocycles. The van der Waals surface area contributed by atoms with Gasteiger partial charge in [0.05, 0.1) is 5.60 Å². The van der Waals surface area contributed by atoms with Crippen molar-refractivity contribution >= 4 is 23.2 Å². The molecular formula is C21H26ClNO. The molecule has 4 bridgehead atoms. The SMILES string of the molecule is Cl.OC12CC3CC(C1)CC(NCc1cccc4ccccc14)(C3)C2. The van der Waals surface area contributed by atoms with Crippen LogP contribution in [0.15, 0.2) is 42.5 Å². The molecule has 6 rings (SSSR count). The molecule has 0 aliphatic heterocycles. The highest BCUT2D eigenvalue weighted by molar-refractivity contribution is 5.86. The van der Waals surface area contributed by atoms with Crippen molar-refractivity contribution in [2.45, 2.75) is 56.2 Å². The van der Waals surface area contributed by atoms with E-state index < -0.39 is 0 Å². The number of rotatable bonds is 3. The van der Waals surface area contributed by atoms with Crippen LogP contribution in [0.1, 0.15) is 44.1 Å². The van der Waals surface area contributed by atoms with Crippen molar-refractivity contribution in [2.75, 3.05) is 0 Å². The minimum atomic E-state index is -0.379. The van der Waals surface area contributed by atoms with Gasteiger partial charge in [0.2, 0.25) is 0 Å². The van der Waals surface area contributed by atoms with Crippen LogP contribution in [0.4, 0.5) is 0 Å². The van der Waals surface area contributed by atoms with Crippen LogP contribution in [-0.4, -0.2) is 16.2 Å². The van der Waals surface area contributed by atoms with E-state index in [2.05, 4.69) is 47.8 Å². The standard InChI is InChI=1S/C21H25NO.ClH/c23-21-11-15-8-16(12-21)10-20(9-15,14-21)22-13-18-6-3-5-17-4-1-2-7-19(17)18;/h1-7,15-16,22-23H,8-14H2;1H. The van der Waals surface area contributed by atoms with Crippen molar-refractivity contribution in [3.05, 3.63) is 48.0 Å². The summed E-state index contributed by atoms with van der Waals surface area (Å²) in [7, 11) is 0. The van der Waals surface area contributed by atoms with Gasteiger partial charge in [-0.05, 0) is 66.7 Å². The fourth-order valence-electron chi connectivity index (χ4n) is 6.15. The van der Waals surface area contributed by atoms with Gasteiger partial charge < -0.3 is 10.4 Å². The second-order valence-corrected chi connectivity index (χ2v) is 8.46. The summed E-state index contributed by atoms with van der Waals surface area (Å²) in [4.78, 5) is 0. The summed E-state index contributed by atoms with van der Waals surface area (Å²) in [6, 6.07) is 15.2. The van der Waals surface area contributed by atoms with E-state index in [1.165, 1.54) is 35.6 Å². The van der Waals surface area contributed by atoms with Crippen molar-refractivity contribution < 1.29 is 5.11 Å². The fourth-order valence-corrected chi connectivity index (χ4v) is 6.15. The van der Waals surface area contributed by atoms with E-state index in [0.717, 1.165) is 37.6 Å².